The van der Waals surface area contributed by atoms with Gasteiger partial charge < -0.3 is 14.7 Å². The van der Waals surface area contributed by atoms with Crippen LogP contribution in [0.25, 0.3) is 0 Å². The van der Waals surface area contributed by atoms with Crippen LogP contribution in [0.1, 0.15) is 52.2 Å². The zero-order chi connectivity index (χ0) is 21.5. The third-order valence-corrected chi connectivity index (χ3v) is 6.88. The van der Waals surface area contributed by atoms with Gasteiger partial charge >= 0.3 is 5.97 Å². The van der Waals surface area contributed by atoms with Crippen molar-refractivity contribution in [2.45, 2.75) is 57.1 Å². The van der Waals surface area contributed by atoms with Gasteiger partial charge in [-0.25, -0.2) is 4.79 Å². The number of hydrogen-bond donors (Lipinski definition) is 1. The normalized spacial score (nSPS) is 17.4. The smallest absolute Gasteiger partial charge is 0.348 e. The number of aliphatic hydroxyl groups excluding tert-OH is 1. The number of aliphatic hydroxyl groups is 1. The number of esters is 1. The summed E-state index contributed by atoms with van der Waals surface area (Å²) in [6, 6.07) is 11.5. The van der Waals surface area contributed by atoms with Crippen LogP contribution < -0.4 is 0 Å². The molecular weight excluding hydrogens is 422 g/mol. The molecule has 1 fully saturated rings. The van der Waals surface area contributed by atoms with Crippen LogP contribution in [0.4, 0.5) is 0 Å². The summed E-state index contributed by atoms with van der Waals surface area (Å²) >= 11 is 7.46. The lowest BCUT2D eigenvalue weighted by Crippen LogP contribution is -2.34. The van der Waals surface area contributed by atoms with Crippen molar-refractivity contribution in [1.29, 1.82) is 0 Å². The van der Waals surface area contributed by atoms with E-state index in [1.165, 1.54) is 18.4 Å². The van der Waals surface area contributed by atoms with Gasteiger partial charge in [0, 0.05) is 28.9 Å². The van der Waals surface area contributed by atoms with Crippen LogP contribution >= 0.6 is 22.9 Å². The van der Waals surface area contributed by atoms with E-state index < -0.39 is 6.10 Å². The lowest BCUT2D eigenvalue weighted by atomic mass is 10.0. The van der Waals surface area contributed by atoms with Crippen molar-refractivity contribution in [3.8, 4) is 0 Å². The summed E-state index contributed by atoms with van der Waals surface area (Å²) in [5.74, 6) is -0.108. The maximum atomic E-state index is 12.3. The largest absolute Gasteiger partial charge is 0.465 e. The van der Waals surface area contributed by atoms with E-state index in [2.05, 4.69) is 0 Å². The van der Waals surface area contributed by atoms with E-state index in [-0.39, 0.29) is 17.9 Å². The molecule has 2 heterocycles. The first-order valence-electron chi connectivity index (χ1n) is 10.3. The van der Waals surface area contributed by atoms with Gasteiger partial charge in [0.05, 0.1) is 13.2 Å². The van der Waals surface area contributed by atoms with Crippen molar-refractivity contribution in [3.05, 3.63) is 56.7 Å². The number of nitrogens with zero attached hydrogens (tertiary/aromatic N) is 1. The highest BCUT2D eigenvalue weighted by Gasteiger charge is 2.30. The molecule has 0 bridgehead atoms. The number of halogens is 1. The molecule has 0 spiro atoms. The summed E-state index contributed by atoms with van der Waals surface area (Å²) in [5.41, 5.74) is 1.02. The molecule has 1 unspecified atom stereocenters. The van der Waals surface area contributed by atoms with Crippen molar-refractivity contribution in [2.24, 2.45) is 0 Å². The number of amides is 1. The topological polar surface area (TPSA) is 66.8 Å². The highest BCUT2D eigenvalue weighted by molar-refractivity contribution is 7.13. The summed E-state index contributed by atoms with van der Waals surface area (Å²) in [7, 11) is 1.38. The van der Waals surface area contributed by atoms with E-state index in [1.807, 2.05) is 35.2 Å². The number of aryl methyl sites for hydroxylation is 1. The average molecular weight is 450 g/mol. The third-order valence-electron chi connectivity index (χ3n) is 5.52. The second-order valence-corrected chi connectivity index (χ2v) is 9.31. The predicted molar refractivity (Wildman–Crippen MR) is 119 cm³/mol. The van der Waals surface area contributed by atoms with Crippen LogP contribution in [0, 0.1) is 0 Å². The Hall–Kier alpha value is -1.89. The van der Waals surface area contributed by atoms with Crippen LogP contribution in [0.5, 0.6) is 0 Å². The van der Waals surface area contributed by atoms with E-state index in [0.29, 0.717) is 35.7 Å². The quantitative estimate of drug-likeness (QED) is 0.542. The minimum atomic E-state index is -0.441. The Morgan fingerprint density at radius 2 is 2.20 bits per heavy atom. The Bertz CT molecular complexity index is 868. The molecule has 3 rings (SSSR count). The van der Waals surface area contributed by atoms with Gasteiger partial charge in [0.2, 0.25) is 5.91 Å². The van der Waals surface area contributed by atoms with Crippen LogP contribution in [0.15, 0.2) is 36.4 Å². The van der Waals surface area contributed by atoms with Gasteiger partial charge in [-0.05, 0) is 68.4 Å². The minimum Gasteiger partial charge on any atom is -0.465 e. The molecule has 0 radical (unpaired) electrons. The maximum absolute atomic E-state index is 12.3. The number of thiophene rings is 1. The van der Waals surface area contributed by atoms with Crippen molar-refractivity contribution >= 4 is 34.8 Å². The second-order valence-electron chi connectivity index (χ2n) is 7.71. The fourth-order valence-electron chi connectivity index (χ4n) is 3.97. The van der Waals surface area contributed by atoms with Gasteiger partial charge in [-0.2, -0.15) is 0 Å². The summed E-state index contributed by atoms with van der Waals surface area (Å²) in [6.45, 7) is 0.708. The molecule has 2 atom stereocenters. The molecule has 30 heavy (non-hydrogen) atoms. The molecule has 1 aromatic carbocycles. The van der Waals surface area contributed by atoms with Crippen molar-refractivity contribution < 1.29 is 19.4 Å². The van der Waals surface area contributed by atoms with Crippen LogP contribution in [-0.2, 0) is 22.4 Å². The zero-order valence-corrected chi connectivity index (χ0v) is 18.8. The fraction of sp³-hybridized carbons (Fsp3) is 0.478. The molecule has 1 N–H and O–H groups in total. The summed E-state index contributed by atoms with van der Waals surface area (Å²) < 4.78 is 4.74. The molecule has 1 aliphatic heterocycles. The third kappa shape index (κ3) is 6.30. The molecule has 1 saturated heterocycles. The van der Waals surface area contributed by atoms with Gasteiger partial charge in [-0.1, -0.05) is 23.7 Å². The van der Waals surface area contributed by atoms with Crippen LogP contribution in [0.2, 0.25) is 5.02 Å². The average Bonchev–Trinajstić information content (AvgIpc) is 3.33. The number of hydrogen-bond acceptors (Lipinski definition) is 5. The first-order chi connectivity index (χ1) is 14.5. The molecule has 162 valence electrons. The first kappa shape index (κ1) is 22.8. The lowest BCUT2D eigenvalue weighted by molar-refractivity contribution is -0.129. The lowest BCUT2D eigenvalue weighted by Gasteiger charge is -2.25. The number of likely N-dealkylation sites (tertiary alicyclic amines) is 1. The Morgan fingerprint density at radius 1 is 1.37 bits per heavy atom. The molecule has 1 aromatic heterocycles. The van der Waals surface area contributed by atoms with Gasteiger partial charge in [0.15, 0.2) is 0 Å². The standard InChI is InChI=1S/C23H28ClNO4S/c1-29-23(28)21-11-10-20(30-21)6-3-13-25-18(8-12-22(25)27)7-9-19(26)15-16-4-2-5-17(24)14-16/h2,4-5,10-11,14,18-19,26H,3,6-9,12-13,15H2,1H3/t18-,19?/m0/s1. The fourth-order valence-corrected chi connectivity index (χ4v) is 5.15. The number of carbonyl (C=O) groups excluding carboxylic acids is 2. The predicted octanol–water partition coefficient (Wildman–Crippen LogP) is 4.50. The SMILES string of the molecule is COC(=O)c1ccc(CCCN2C(=O)CC[C@@H]2CCC(O)Cc2cccc(Cl)c2)s1. The molecule has 1 amide bonds. The Morgan fingerprint density at radius 3 is 2.97 bits per heavy atom. The first-order valence-corrected chi connectivity index (χ1v) is 11.5. The van der Waals surface area contributed by atoms with Gasteiger partial charge in [0.1, 0.15) is 4.88 Å². The number of carbonyl (C=O) groups is 2. The zero-order valence-electron chi connectivity index (χ0n) is 17.2. The van der Waals surface area contributed by atoms with Crippen molar-refractivity contribution in [3.63, 3.8) is 0 Å². The minimum absolute atomic E-state index is 0.195. The molecule has 0 saturated carbocycles. The Labute approximate surface area is 186 Å². The molecule has 7 heteroatoms. The second kappa shape index (κ2) is 10.9. The summed E-state index contributed by atoms with van der Waals surface area (Å²) in [6.07, 6.45) is 4.72. The molecular formula is C23H28ClNO4S. The highest BCUT2D eigenvalue weighted by Crippen LogP contribution is 2.25. The molecule has 1 aliphatic rings. The number of methoxy groups -OCH3 is 1. The summed E-state index contributed by atoms with van der Waals surface area (Å²) in [4.78, 5) is 27.6. The molecule has 5 nitrogen and oxygen atoms in total. The van der Waals surface area contributed by atoms with Gasteiger partial charge in [0.25, 0.3) is 0 Å². The van der Waals surface area contributed by atoms with E-state index in [1.54, 1.807) is 6.07 Å². The monoisotopic (exact) mass is 449 g/mol. The number of ether oxygens (including phenoxy) is 1. The van der Waals surface area contributed by atoms with Crippen LogP contribution in [0.3, 0.4) is 0 Å². The number of benzene rings is 1. The van der Waals surface area contributed by atoms with E-state index in [4.69, 9.17) is 16.3 Å². The summed E-state index contributed by atoms with van der Waals surface area (Å²) in [5, 5.41) is 11.1. The maximum Gasteiger partial charge on any atom is 0.348 e. The van der Waals surface area contributed by atoms with Crippen molar-refractivity contribution in [1.82, 2.24) is 4.90 Å². The van der Waals surface area contributed by atoms with E-state index >= 15 is 0 Å². The molecule has 2 aromatic rings. The van der Waals surface area contributed by atoms with Crippen LogP contribution in [-0.4, -0.2) is 47.7 Å². The molecule has 0 aliphatic carbocycles. The Balaban J connectivity index is 1.44. The Kier molecular flexibility index (Phi) is 8.31. The highest BCUT2D eigenvalue weighted by atomic mass is 35.5. The van der Waals surface area contributed by atoms with Crippen molar-refractivity contribution in [2.75, 3.05) is 13.7 Å². The van der Waals surface area contributed by atoms with Gasteiger partial charge in [-0.3, -0.25) is 4.79 Å². The van der Waals surface area contributed by atoms with E-state index in [9.17, 15) is 14.7 Å². The number of rotatable bonds is 10. The van der Waals surface area contributed by atoms with Gasteiger partial charge in [-0.15, -0.1) is 11.3 Å². The van der Waals surface area contributed by atoms with E-state index in [0.717, 1.165) is 36.1 Å².